The molecule has 1 aliphatic heterocycles. The van der Waals surface area contributed by atoms with Crippen molar-refractivity contribution in [3.63, 3.8) is 0 Å². The van der Waals surface area contributed by atoms with Gasteiger partial charge in [-0.15, -0.1) is 0 Å². The summed E-state index contributed by atoms with van der Waals surface area (Å²) in [7, 11) is 0. The predicted molar refractivity (Wildman–Crippen MR) is 129 cm³/mol. The highest BCUT2D eigenvalue weighted by Crippen LogP contribution is 2.29. The average Bonchev–Trinajstić information content (AvgIpc) is 2.98. The number of ketones is 1. The van der Waals surface area contributed by atoms with Crippen molar-refractivity contribution in [3.05, 3.63) is 95.1 Å². The van der Waals surface area contributed by atoms with E-state index in [1.165, 1.54) is 5.56 Å². The van der Waals surface area contributed by atoms with Crippen LogP contribution in [0.4, 0.5) is 11.4 Å². The molecule has 0 saturated carbocycles. The van der Waals surface area contributed by atoms with Gasteiger partial charge in [-0.1, -0.05) is 66.2 Å². The number of aryl methyl sites for hydroxylation is 3. The highest BCUT2D eigenvalue weighted by molar-refractivity contribution is 6.02. The van der Waals surface area contributed by atoms with Crippen molar-refractivity contribution in [2.24, 2.45) is 0 Å². The zero-order chi connectivity index (χ0) is 22.5. The number of hydrazine groups is 1. The van der Waals surface area contributed by atoms with Gasteiger partial charge in [0.15, 0.2) is 5.78 Å². The molecule has 1 aliphatic rings. The van der Waals surface area contributed by atoms with E-state index in [-0.39, 0.29) is 18.2 Å². The number of carbonyl (C=O) groups is 2. The fourth-order valence-corrected chi connectivity index (χ4v) is 4.28. The number of carbonyl (C=O) groups excluding carboxylic acids is 2. The SMILES string of the molecule is Cc1ccc(NCC(=O)NN2c3ccccc3CCCC2C(=O)c2ccccc2)c(C)c1. The summed E-state index contributed by atoms with van der Waals surface area (Å²) in [6.07, 6.45) is 2.43. The van der Waals surface area contributed by atoms with Crippen LogP contribution in [-0.2, 0) is 11.2 Å². The lowest BCUT2D eigenvalue weighted by Gasteiger charge is -2.32. The average molecular weight is 428 g/mol. The van der Waals surface area contributed by atoms with Crippen LogP contribution in [0.3, 0.4) is 0 Å². The molecule has 32 heavy (non-hydrogen) atoms. The molecule has 0 bridgehead atoms. The second-order valence-electron chi connectivity index (χ2n) is 8.34. The second-order valence-corrected chi connectivity index (χ2v) is 8.34. The maximum atomic E-state index is 13.4. The normalized spacial score (nSPS) is 15.4. The number of amides is 1. The lowest BCUT2D eigenvalue weighted by molar-refractivity contribution is -0.119. The summed E-state index contributed by atoms with van der Waals surface area (Å²) < 4.78 is 0. The van der Waals surface area contributed by atoms with Gasteiger partial charge in [-0.3, -0.25) is 20.0 Å². The van der Waals surface area contributed by atoms with Gasteiger partial charge in [0, 0.05) is 11.3 Å². The van der Waals surface area contributed by atoms with Crippen molar-refractivity contribution in [1.29, 1.82) is 0 Å². The Morgan fingerprint density at radius 1 is 0.969 bits per heavy atom. The zero-order valence-corrected chi connectivity index (χ0v) is 18.6. The van der Waals surface area contributed by atoms with Crippen LogP contribution in [0.1, 0.15) is 39.9 Å². The fraction of sp³-hybridized carbons (Fsp3) is 0.259. The highest BCUT2D eigenvalue weighted by Gasteiger charge is 2.31. The van der Waals surface area contributed by atoms with Crippen molar-refractivity contribution >= 4 is 23.1 Å². The van der Waals surface area contributed by atoms with Gasteiger partial charge in [0.2, 0.25) is 0 Å². The number of benzene rings is 3. The third-order valence-electron chi connectivity index (χ3n) is 5.91. The Labute approximate surface area is 189 Å². The van der Waals surface area contributed by atoms with Crippen molar-refractivity contribution in [2.75, 3.05) is 16.9 Å². The van der Waals surface area contributed by atoms with Gasteiger partial charge in [-0.2, -0.15) is 0 Å². The number of anilines is 2. The summed E-state index contributed by atoms with van der Waals surface area (Å²) in [6, 6.07) is 22.9. The van der Waals surface area contributed by atoms with Gasteiger partial charge in [0.25, 0.3) is 5.91 Å². The Bertz CT molecular complexity index is 1110. The Morgan fingerprint density at radius 3 is 2.50 bits per heavy atom. The molecular formula is C27H29N3O2. The van der Waals surface area contributed by atoms with E-state index in [2.05, 4.69) is 22.9 Å². The summed E-state index contributed by atoms with van der Waals surface area (Å²) >= 11 is 0. The maximum absolute atomic E-state index is 13.4. The smallest absolute Gasteiger partial charge is 0.257 e. The van der Waals surface area contributed by atoms with Crippen LogP contribution in [0.5, 0.6) is 0 Å². The number of para-hydroxylation sites is 1. The molecule has 0 aliphatic carbocycles. The third-order valence-corrected chi connectivity index (χ3v) is 5.91. The number of Topliss-reactive ketones (excluding diaryl/α,β-unsaturated/α-hetero) is 1. The Kier molecular flexibility index (Phi) is 6.55. The number of fused-ring (bicyclic) bond motifs is 1. The highest BCUT2D eigenvalue weighted by atomic mass is 16.2. The quantitative estimate of drug-likeness (QED) is 0.553. The van der Waals surface area contributed by atoms with E-state index in [0.717, 1.165) is 35.3 Å². The maximum Gasteiger partial charge on any atom is 0.257 e. The minimum absolute atomic E-state index is 0.0185. The molecule has 1 unspecified atom stereocenters. The molecular weight excluding hydrogens is 398 g/mol. The summed E-state index contributed by atoms with van der Waals surface area (Å²) in [4.78, 5) is 26.4. The molecule has 3 aromatic carbocycles. The van der Waals surface area contributed by atoms with Crippen LogP contribution >= 0.6 is 0 Å². The first-order chi connectivity index (χ1) is 15.5. The van der Waals surface area contributed by atoms with E-state index in [9.17, 15) is 9.59 Å². The van der Waals surface area contributed by atoms with Crippen LogP contribution in [0, 0.1) is 13.8 Å². The molecule has 0 aromatic heterocycles. The van der Waals surface area contributed by atoms with Crippen molar-refractivity contribution in [2.45, 2.75) is 39.2 Å². The van der Waals surface area contributed by atoms with E-state index in [4.69, 9.17) is 0 Å². The van der Waals surface area contributed by atoms with E-state index in [1.54, 1.807) is 5.01 Å². The molecule has 1 atom stereocenters. The summed E-state index contributed by atoms with van der Waals surface area (Å²) in [6.45, 7) is 4.19. The first-order valence-corrected chi connectivity index (χ1v) is 11.1. The molecule has 1 heterocycles. The third kappa shape index (κ3) is 4.83. The van der Waals surface area contributed by atoms with Gasteiger partial charge < -0.3 is 5.32 Å². The number of rotatable bonds is 6. The zero-order valence-electron chi connectivity index (χ0n) is 18.6. The van der Waals surface area contributed by atoms with Crippen LogP contribution in [0.2, 0.25) is 0 Å². The largest absolute Gasteiger partial charge is 0.376 e. The molecule has 0 fully saturated rings. The molecule has 5 heteroatoms. The van der Waals surface area contributed by atoms with Gasteiger partial charge in [-0.25, -0.2) is 0 Å². The van der Waals surface area contributed by atoms with Crippen molar-refractivity contribution < 1.29 is 9.59 Å². The summed E-state index contributed by atoms with van der Waals surface area (Å²) in [5.74, 6) is -0.169. The van der Waals surface area contributed by atoms with E-state index in [1.807, 2.05) is 74.5 Å². The van der Waals surface area contributed by atoms with Gasteiger partial charge in [0.1, 0.15) is 6.04 Å². The Hall–Kier alpha value is -3.60. The number of hydrogen-bond acceptors (Lipinski definition) is 4. The first kappa shape index (κ1) is 21.6. The minimum atomic E-state index is -0.453. The standard InChI is InChI=1S/C27H29N3O2/c1-19-15-16-23(20(2)17-19)28-18-26(31)29-30-24-13-7-6-9-21(24)12-8-14-25(30)27(32)22-10-4-3-5-11-22/h3-7,9-11,13,15-17,25,28H,8,12,14,18H2,1-2H3,(H,29,31). The van der Waals surface area contributed by atoms with Gasteiger partial charge in [0.05, 0.1) is 12.2 Å². The van der Waals surface area contributed by atoms with Crippen molar-refractivity contribution in [1.82, 2.24) is 5.43 Å². The Balaban J connectivity index is 1.56. The topological polar surface area (TPSA) is 61.4 Å². The lowest BCUT2D eigenvalue weighted by Crippen LogP contribution is -2.53. The molecule has 0 radical (unpaired) electrons. The van der Waals surface area contributed by atoms with Gasteiger partial charge >= 0.3 is 0 Å². The molecule has 1 amide bonds. The van der Waals surface area contributed by atoms with Crippen molar-refractivity contribution in [3.8, 4) is 0 Å². The molecule has 164 valence electrons. The summed E-state index contributed by atoms with van der Waals surface area (Å²) in [5, 5.41) is 5.00. The van der Waals surface area contributed by atoms with E-state index >= 15 is 0 Å². The van der Waals surface area contributed by atoms with Crippen LogP contribution < -0.4 is 15.8 Å². The molecule has 4 rings (SSSR count). The predicted octanol–water partition coefficient (Wildman–Crippen LogP) is 4.84. The Morgan fingerprint density at radius 2 is 1.72 bits per heavy atom. The molecule has 5 nitrogen and oxygen atoms in total. The van der Waals surface area contributed by atoms with Crippen LogP contribution in [0.25, 0.3) is 0 Å². The number of nitrogens with one attached hydrogen (secondary N) is 2. The first-order valence-electron chi connectivity index (χ1n) is 11.1. The van der Waals surface area contributed by atoms with Crippen LogP contribution in [0.15, 0.2) is 72.8 Å². The van der Waals surface area contributed by atoms with Crippen LogP contribution in [-0.4, -0.2) is 24.3 Å². The number of hydrogen-bond donors (Lipinski definition) is 2. The molecule has 3 aromatic rings. The summed E-state index contributed by atoms with van der Waals surface area (Å²) in [5.41, 5.74) is 8.91. The monoisotopic (exact) mass is 427 g/mol. The molecule has 2 N–H and O–H groups in total. The van der Waals surface area contributed by atoms with E-state index < -0.39 is 6.04 Å². The second kappa shape index (κ2) is 9.69. The minimum Gasteiger partial charge on any atom is -0.376 e. The molecule has 0 spiro atoms. The van der Waals surface area contributed by atoms with E-state index in [0.29, 0.717) is 12.0 Å². The fourth-order valence-electron chi connectivity index (χ4n) is 4.28. The number of nitrogens with zero attached hydrogens (tertiary/aromatic N) is 1. The molecule has 0 saturated heterocycles. The van der Waals surface area contributed by atoms with Gasteiger partial charge in [-0.05, 0) is 56.4 Å². The lowest BCUT2D eigenvalue weighted by atomic mass is 9.99.